The summed E-state index contributed by atoms with van der Waals surface area (Å²) in [5.74, 6) is 2.43. The van der Waals surface area contributed by atoms with Gasteiger partial charge in [0.15, 0.2) is 5.96 Å². The van der Waals surface area contributed by atoms with Crippen molar-refractivity contribution < 1.29 is 0 Å². The summed E-state index contributed by atoms with van der Waals surface area (Å²) in [6, 6.07) is 6.12. The number of rotatable bonds is 8. The molecular formula is C21H33ClIN7. The Morgan fingerprint density at radius 2 is 2.13 bits per heavy atom. The lowest BCUT2D eigenvalue weighted by atomic mass is 10.1. The summed E-state index contributed by atoms with van der Waals surface area (Å²) < 4.78 is 2.08. The number of nitrogens with one attached hydrogen (secondary N) is 2. The average molecular weight is 546 g/mol. The van der Waals surface area contributed by atoms with Crippen molar-refractivity contribution in [2.75, 3.05) is 37.6 Å². The van der Waals surface area contributed by atoms with E-state index in [1.165, 1.54) is 11.3 Å². The Kier molecular flexibility index (Phi) is 10.2. The van der Waals surface area contributed by atoms with Crippen molar-refractivity contribution >= 4 is 47.2 Å². The first-order valence-electron chi connectivity index (χ1n) is 10.5. The molecule has 0 radical (unpaired) electrons. The van der Waals surface area contributed by atoms with E-state index in [1.54, 1.807) is 6.33 Å². The van der Waals surface area contributed by atoms with Gasteiger partial charge in [0.05, 0.1) is 0 Å². The zero-order valence-electron chi connectivity index (χ0n) is 18.1. The number of aryl methyl sites for hydroxylation is 2. The predicted molar refractivity (Wildman–Crippen MR) is 135 cm³/mol. The van der Waals surface area contributed by atoms with Crippen molar-refractivity contribution in [3.8, 4) is 0 Å². The van der Waals surface area contributed by atoms with E-state index >= 15 is 0 Å². The highest BCUT2D eigenvalue weighted by Crippen LogP contribution is 2.29. The third kappa shape index (κ3) is 6.73. The van der Waals surface area contributed by atoms with Crippen LogP contribution in [0.3, 0.4) is 0 Å². The second-order valence-corrected chi connectivity index (χ2v) is 7.91. The van der Waals surface area contributed by atoms with Gasteiger partial charge in [-0.05, 0) is 43.9 Å². The summed E-state index contributed by atoms with van der Waals surface area (Å²) in [4.78, 5) is 7.26. The van der Waals surface area contributed by atoms with Crippen molar-refractivity contribution in [1.29, 1.82) is 0 Å². The van der Waals surface area contributed by atoms with Gasteiger partial charge in [0.25, 0.3) is 0 Å². The van der Waals surface area contributed by atoms with Crippen LogP contribution in [0.15, 0.2) is 29.5 Å². The monoisotopic (exact) mass is 545 g/mol. The van der Waals surface area contributed by atoms with Crippen molar-refractivity contribution in [3.05, 3.63) is 40.9 Å². The second-order valence-electron chi connectivity index (χ2n) is 7.47. The van der Waals surface area contributed by atoms with Crippen LogP contribution < -0.4 is 15.5 Å². The van der Waals surface area contributed by atoms with Gasteiger partial charge >= 0.3 is 0 Å². The van der Waals surface area contributed by atoms with Gasteiger partial charge in [-0.25, -0.2) is 0 Å². The van der Waals surface area contributed by atoms with Crippen LogP contribution in [0.4, 0.5) is 5.69 Å². The molecule has 2 heterocycles. The lowest BCUT2D eigenvalue weighted by Gasteiger charge is -2.21. The molecule has 0 bridgehead atoms. The Morgan fingerprint density at radius 3 is 2.90 bits per heavy atom. The SMILES string of the molecule is CCNC(=NCC1CCN(c2cc(Cl)ccc2C)C1)NCCn1cnnc1CC.I. The highest BCUT2D eigenvalue weighted by molar-refractivity contribution is 14.0. The first-order valence-corrected chi connectivity index (χ1v) is 10.9. The van der Waals surface area contributed by atoms with Gasteiger partial charge in [-0.1, -0.05) is 24.6 Å². The Bertz CT molecular complexity index is 823. The number of benzene rings is 1. The molecule has 9 heteroatoms. The minimum absolute atomic E-state index is 0. The van der Waals surface area contributed by atoms with Gasteiger partial charge in [0.1, 0.15) is 12.2 Å². The van der Waals surface area contributed by atoms with Crippen LogP contribution in [-0.4, -0.2) is 53.4 Å². The standard InChI is InChI=1S/C21H32ClN7.HI/c1-4-20-27-26-15-29(20)11-9-24-21(23-5-2)25-13-17-8-10-28(14-17)19-12-18(22)7-6-16(19)3;/h6-7,12,15,17H,4-5,8-11,13-14H2,1-3H3,(H2,23,24,25);1H. The van der Waals surface area contributed by atoms with Crippen molar-refractivity contribution in [2.24, 2.45) is 10.9 Å². The molecule has 0 amide bonds. The first-order chi connectivity index (χ1) is 14.1. The third-order valence-electron chi connectivity index (χ3n) is 5.31. The first kappa shape index (κ1) is 24.7. The Hall–Kier alpha value is -1.55. The molecule has 1 aliphatic rings. The van der Waals surface area contributed by atoms with Crippen molar-refractivity contribution in [1.82, 2.24) is 25.4 Å². The minimum atomic E-state index is 0. The Morgan fingerprint density at radius 1 is 1.30 bits per heavy atom. The second kappa shape index (κ2) is 12.3. The average Bonchev–Trinajstić information content (AvgIpc) is 3.37. The maximum absolute atomic E-state index is 6.20. The molecule has 1 fully saturated rings. The number of aromatic nitrogens is 3. The van der Waals surface area contributed by atoms with Crippen LogP contribution in [-0.2, 0) is 13.0 Å². The smallest absolute Gasteiger partial charge is 0.191 e. The summed E-state index contributed by atoms with van der Waals surface area (Å²) in [7, 11) is 0. The van der Waals surface area contributed by atoms with E-state index in [1.807, 2.05) is 6.07 Å². The number of halogens is 2. The Labute approximate surface area is 201 Å². The van der Waals surface area contributed by atoms with Crippen molar-refractivity contribution in [2.45, 2.75) is 40.2 Å². The molecule has 1 saturated heterocycles. The Balaban J connectivity index is 0.00000320. The number of hydrogen-bond acceptors (Lipinski definition) is 4. The van der Waals surface area contributed by atoms with Crippen LogP contribution >= 0.6 is 35.6 Å². The van der Waals surface area contributed by atoms with Crippen LogP contribution in [0.1, 0.15) is 31.7 Å². The van der Waals surface area contributed by atoms with Gasteiger partial charge in [-0.15, -0.1) is 34.2 Å². The molecule has 1 aliphatic heterocycles. The molecule has 1 atom stereocenters. The van der Waals surface area contributed by atoms with Gasteiger partial charge in [-0.3, -0.25) is 4.99 Å². The highest BCUT2D eigenvalue weighted by atomic mass is 127. The number of guanidine groups is 1. The maximum atomic E-state index is 6.20. The zero-order chi connectivity index (χ0) is 20.6. The highest BCUT2D eigenvalue weighted by Gasteiger charge is 2.23. The summed E-state index contributed by atoms with van der Waals surface area (Å²) in [5.41, 5.74) is 2.52. The fourth-order valence-corrected chi connectivity index (χ4v) is 3.89. The molecule has 0 spiro atoms. The normalized spacial score (nSPS) is 16.5. The molecule has 1 aromatic heterocycles. The lowest BCUT2D eigenvalue weighted by Crippen LogP contribution is -2.39. The maximum Gasteiger partial charge on any atom is 0.191 e. The molecule has 3 rings (SSSR count). The summed E-state index contributed by atoms with van der Waals surface area (Å²) in [6.07, 6.45) is 3.82. The zero-order valence-corrected chi connectivity index (χ0v) is 21.2. The minimum Gasteiger partial charge on any atom is -0.371 e. The third-order valence-corrected chi connectivity index (χ3v) is 5.54. The molecule has 2 aromatic rings. The lowest BCUT2D eigenvalue weighted by molar-refractivity contribution is 0.594. The number of nitrogens with zero attached hydrogens (tertiary/aromatic N) is 5. The fourth-order valence-electron chi connectivity index (χ4n) is 3.72. The molecule has 166 valence electrons. The molecule has 2 N–H and O–H groups in total. The predicted octanol–water partition coefficient (Wildman–Crippen LogP) is 3.50. The quantitative estimate of drug-likeness (QED) is 0.302. The van der Waals surface area contributed by atoms with Crippen LogP contribution in [0.25, 0.3) is 0 Å². The van der Waals surface area contributed by atoms with Gasteiger partial charge in [0.2, 0.25) is 0 Å². The molecule has 0 saturated carbocycles. The van der Waals surface area contributed by atoms with Crippen LogP contribution in [0, 0.1) is 12.8 Å². The van der Waals surface area contributed by atoms with Gasteiger partial charge in [0, 0.05) is 56.4 Å². The van der Waals surface area contributed by atoms with E-state index in [9.17, 15) is 0 Å². The molecule has 0 aliphatic carbocycles. The fraction of sp³-hybridized carbons (Fsp3) is 0.571. The molecule has 1 aromatic carbocycles. The molecular weight excluding hydrogens is 513 g/mol. The van der Waals surface area contributed by atoms with E-state index < -0.39 is 0 Å². The van der Waals surface area contributed by atoms with Crippen LogP contribution in [0.2, 0.25) is 5.02 Å². The van der Waals surface area contributed by atoms with Gasteiger partial charge in [-0.2, -0.15) is 0 Å². The van der Waals surface area contributed by atoms with Gasteiger partial charge < -0.3 is 20.1 Å². The number of anilines is 1. The van der Waals surface area contributed by atoms with E-state index in [-0.39, 0.29) is 24.0 Å². The van der Waals surface area contributed by atoms with E-state index in [4.69, 9.17) is 16.6 Å². The van der Waals surface area contributed by atoms with E-state index in [0.717, 1.165) is 68.9 Å². The topological polar surface area (TPSA) is 70.4 Å². The number of aliphatic imine (C=N–C) groups is 1. The molecule has 7 nitrogen and oxygen atoms in total. The summed E-state index contributed by atoms with van der Waals surface area (Å²) in [6.45, 7) is 11.7. The summed E-state index contributed by atoms with van der Waals surface area (Å²) in [5, 5.41) is 15.7. The molecule has 1 unspecified atom stereocenters. The van der Waals surface area contributed by atoms with Crippen LogP contribution in [0.5, 0.6) is 0 Å². The summed E-state index contributed by atoms with van der Waals surface area (Å²) >= 11 is 6.20. The molecule has 30 heavy (non-hydrogen) atoms. The van der Waals surface area contributed by atoms with E-state index in [2.05, 4.69) is 63.2 Å². The number of hydrogen-bond donors (Lipinski definition) is 2. The van der Waals surface area contributed by atoms with Crippen molar-refractivity contribution in [3.63, 3.8) is 0 Å². The van der Waals surface area contributed by atoms with E-state index in [0.29, 0.717) is 5.92 Å². The largest absolute Gasteiger partial charge is 0.371 e.